The molecule has 30 heavy (non-hydrogen) atoms. The number of benzene rings is 1. The summed E-state index contributed by atoms with van der Waals surface area (Å²) < 4.78 is 5.41. The van der Waals surface area contributed by atoms with E-state index in [1.807, 2.05) is 12.1 Å². The van der Waals surface area contributed by atoms with E-state index in [4.69, 9.17) is 4.74 Å². The number of hydrogen-bond acceptors (Lipinski definition) is 5. The van der Waals surface area contributed by atoms with E-state index in [1.54, 1.807) is 13.1 Å². The predicted octanol–water partition coefficient (Wildman–Crippen LogP) is 1.94. The number of ether oxygens (including phenoxy) is 1. The van der Waals surface area contributed by atoms with E-state index in [0.717, 1.165) is 24.3 Å². The first-order valence-electron chi connectivity index (χ1n) is 10.5. The molecule has 156 valence electrons. The Morgan fingerprint density at radius 1 is 1.20 bits per heavy atom. The SMILES string of the molecule is CNC(=O)c1cc(C(=O)NC2[C@H]3COC[C@@H]23)cc(C(C)c2cccc3c2CCN3)n1. The number of nitrogens with zero attached hydrogens (tertiary/aromatic N) is 1. The first-order chi connectivity index (χ1) is 14.6. The molecule has 3 aliphatic rings. The number of aromatic nitrogens is 1. The molecule has 3 heterocycles. The average Bonchev–Trinajstić information content (AvgIpc) is 3.16. The van der Waals surface area contributed by atoms with Gasteiger partial charge in [0.25, 0.3) is 11.8 Å². The lowest BCUT2D eigenvalue weighted by Crippen LogP contribution is -2.30. The maximum absolute atomic E-state index is 13.0. The molecule has 2 aliphatic heterocycles. The predicted molar refractivity (Wildman–Crippen MR) is 113 cm³/mol. The van der Waals surface area contributed by atoms with Crippen LogP contribution in [-0.2, 0) is 11.2 Å². The highest BCUT2D eigenvalue weighted by molar-refractivity contribution is 5.99. The number of hydrogen-bond donors (Lipinski definition) is 3. The molecule has 3 N–H and O–H groups in total. The third-order valence-corrected chi connectivity index (χ3v) is 6.63. The molecular formula is C23H26N4O3. The molecule has 0 bridgehead atoms. The Hall–Kier alpha value is -2.93. The highest BCUT2D eigenvalue weighted by Crippen LogP contribution is 2.44. The van der Waals surface area contributed by atoms with Gasteiger partial charge < -0.3 is 20.7 Å². The van der Waals surface area contributed by atoms with Crippen LogP contribution < -0.4 is 16.0 Å². The number of amides is 2. The van der Waals surface area contributed by atoms with Crippen LogP contribution >= 0.6 is 0 Å². The van der Waals surface area contributed by atoms with Gasteiger partial charge in [0.1, 0.15) is 5.69 Å². The zero-order chi connectivity index (χ0) is 20.8. The topological polar surface area (TPSA) is 92.4 Å². The summed E-state index contributed by atoms with van der Waals surface area (Å²) in [5.41, 5.74) is 5.08. The second-order valence-electron chi connectivity index (χ2n) is 8.38. The molecule has 7 heteroatoms. The average molecular weight is 406 g/mol. The van der Waals surface area contributed by atoms with Crippen LogP contribution in [0.4, 0.5) is 5.69 Å². The van der Waals surface area contributed by atoms with Crippen molar-refractivity contribution in [1.82, 2.24) is 15.6 Å². The van der Waals surface area contributed by atoms with Crippen molar-refractivity contribution < 1.29 is 14.3 Å². The van der Waals surface area contributed by atoms with E-state index in [0.29, 0.717) is 30.6 Å². The fourth-order valence-corrected chi connectivity index (χ4v) is 4.77. The number of anilines is 1. The molecular weight excluding hydrogens is 380 g/mol. The third-order valence-electron chi connectivity index (χ3n) is 6.63. The van der Waals surface area contributed by atoms with Crippen molar-refractivity contribution in [3.63, 3.8) is 0 Å². The molecule has 1 saturated heterocycles. The fourth-order valence-electron chi connectivity index (χ4n) is 4.77. The molecule has 5 rings (SSSR count). The van der Waals surface area contributed by atoms with Crippen molar-refractivity contribution in [2.75, 3.05) is 32.1 Å². The molecule has 0 spiro atoms. The zero-order valence-electron chi connectivity index (χ0n) is 17.2. The Morgan fingerprint density at radius 2 is 2.00 bits per heavy atom. The number of carbonyl (C=O) groups is 2. The van der Waals surface area contributed by atoms with Gasteiger partial charge >= 0.3 is 0 Å². The first-order valence-corrected chi connectivity index (χ1v) is 10.5. The molecule has 2 fully saturated rings. The Balaban J connectivity index is 1.47. The van der Waals surface area contributed by atoms with Crippen molar-refractivity contribution in [3.05, 3.63) is 58.4 Å². The van der Waals surface area contributed by atoms with Crippen LogP contribution in [0.2, 0.25) is 0 Å². The molecule has 1 aliphatic carbocycles. The smallest absolute Gasteiger partial charge is 0.269 e. The second-order valence-corrected chi connectivity index (χ2v) is 8.38. The van der Waals surface area contributed by atoms with E-state index < -0.39 is 0 Å². The third kappa shape index (κ3) is 3.23. The molecule has 1 aromatic heterocycles. The highest BCUT2D eigenvalue weighted by Gasteiger charge is 2.54. The molecule has 2 aromatic rings. The van der Waals surface area contributed by atoms with Crippen molar-refractivity contribution in [1.29, 1.82) is 0 Å². The van der Waals surface area contributed by atoms with Crippen molar-refractivity contribution in [2.24, 2.45) is 11.8 Å². The quantitative estimate of drug-likeness (QED) is 0.706. The summed E-state index contributed by atoms with van der Waals surface area (Å²) in [5.74, 6) is 0.355. The summed E-state index contributed by atoms with van der Waals surface area (Å²) >= 11 is 0. The summed E-state index contributed by atoms with van der Waals surface area (Å²) in [5, 5.41) is 9.14. The van der Waals surface area contributed by atoms with E-state index in [9.17, 15) is 9.59 Å². The van der Waals surface area contributed by atoms with Crippen LogP contribution in [0.25, 0.3) is 0 Å². The Kier molecular flexibility index (Phi) is 4.70. The van der Waals surface area contributed by atoms with Crippen LogP contribution in [0.15, 0.2) is 30.3 Å². The lowest BCUT2D eigenvalue weighted by atomic mass is 9.90. The summed E-state index contributed by atoms with van der Waals surface area (Å²) in [7, 11) is 1.57. The van der Waals surface area contributed by atoms with E-state index in [2.05, 4.69) is 40.0 Å². The molecule has 1 aromatic carbocycles. The minimum absolute atomic E-state index is 0.0373. The fraction of sp³-hybridized carbons (Fsp3) is 0.435. The van der Waals surface area contributed by atoms with Crippen molar-refractivity contribution >= 4 is 17.5 Å². The van der Waals surface area contributed by atoms with Crippen LogP contribution in [0.3, 0.4) is 0 Å². The van der Waals surface area contributed by atoms with Gasteiger partial charge in [-0.05, 0) is 35.7 Å². The van der Waals surface area contributed by atoms with Crippen molar-refractivity contribution in [3.8, 4) is 0 Å². The maximum Gasteiger partial charge on any atom is 0.269 e. The van der Waals surface area contributed by atoms with Gasteiger partial charge in [-0.3, -0.25) is 9.59 Å². The Bertz CT molecular complexity index is 1010. The van der Waals surface area contributed by atoms with Crippen LogP contribution in [-0.4, -0.2) is 49.6 Å². The summed E-state index contributed by atoms with van der Waals surface area (Å²) in [6.45, 7) is 4.43. The number of rotatable bonds is 5. The lowest BCUT2D eigenvalue weighted by molar-refractivity contribution is 0.0928. The second kappa shape index (κ2) is 7.40. The van der Waals surface area contributed by atoms with Gasteiger partial charge in [-0.15, -0.1) is 0 Å². The standard InChI is InChI=1S/C23H26N4O3/c1-12(14-4-3-5-18-15(14)6-7-25-18)19-8-13(9-20(26-19)23(29)24-2)22(28)27-21-16-10-30-11-17(16)21/h3-5,8-9,12,16-17,21,25H,6-7,10-11H2,1-2H3,(H,24,29)(H,27,28)/t12?,16-,17+,21?. The maximum atomic E-state index is 13.0. The van der Waals surface area contributed by atoms with Crippen molar-refractivity contribution in [2.45, 2.75) is 25.3 Å². The number of nitrogens with one attached hydrogen (secondary N) is 3. The van der Waals surface area contributed by atoms with Gasteiger partial charge in [-0.2, -0.15) is 0 Å². The van der Waals surface area contributed by atoms with Gasteiger partial charge in [0, 0.05) is 54.3 Å². The minimum Gasteiger partial charge on any atom is -0.384 e. The summed E-state index contributed by atoms with van der Waals surface area (Å²) in [6, 6.07) is 9.80. The van der Waals surface area contributed by atoms with E-state index in [1.165, 1.54) is 11.1 Å². The molecule has 0 radical (unpaired) electrons. The van der Waals surface area contributed by atoms with Gasteiger partial charge in [0.15, 0.2) is 0 Å². The van der Waals surface area contributed by atoms with Gasteiger partial charge in [-0.25, -0.2) is 4.98 Å². The highest BCUT2D eigenvalue weighted by atomic mass is 16.5. The summed E-state index contributed by atoms with van der Waals surface area (Å²) in [4.78, 5) is 29.9. The van der Waals surface area contributed by atoms with Gasteiger partial charge in [-0.1, -0.05) is 19.1 Å². The largest absolute Gasteiger partial charge is 0.384 e. The monoisotopic (exact) mass is 406 g/mol. The zero-order valence-corrected chi connectivity index (χ0v) is 17.2. The molecule has 4 atom stereocenters. The first kappa shape index (κ1) is 19.1. The normalized spacial score (nSPS) is 24.4. The van der Waals surface area contributed by atoms with Crippen LogP contribution in [0, 0.1) is 11.8 Å². The number of fused-ring (bicyclic) bond motifs is 2. The van der Waals surface area contributed by atoms with Crippen LogP contribution in [0.1, 0.15) is 50.5 Å². The van der Waals surface area contributed by atoms with Crippen LogP contribution in [0.5, 0.6) is 0 Å². The number of carbonyl (C=O) groups excluding carboxylic acids is 2. The van der Waals surface area contributed by atoms with E-state index in [-0.39, 0.29) is 29.5 Å². The molecule has 1 saturated carbocycles. The van der Waals surface area contributed by atoms with Gasteiger partial charge in [0.05, 0.1) is 13.2 Å². The Morgan fingerprint density at radius 3 is 2.77 bits per heavy atom. The molecule has 7 nitrogen and oxygen atoms in total. The number of pyridine rings is 1. The Labute approximate surface area is 175 Å². The molecule has 2 amide bonds. The van der Waals surface area contributed by atoms with Gasteiger partial charge in [0.2, 0.25) is 0 Å². The van der Waals surface area contributed by atoms with E-state index >= 15 is 0 Å². The molecule has 2 unspecified atom stereocenters. The summed E-state index contributed by atoms with van der Waals surface area (Å²) in [6.07, 6.45) is 0.963. The minimum atomic E-state index is -0.297. The lowest BCUT2D eigenvalue weighted by Gasteiger charge is -2.17.